The Balaban J connectivity index is 1.62. The van der Waals surface area contributed by atoms with Crippen LogP contribution in [-0.2, 0) is 21.4 Å². The molecule has 0 spiro atoms. The van der Waals surface area contributed by atoms with E-state index in [1.165, 1.54) is 18.2 Å². The van der Waals surface area contributed by atoms with Gasteiger partial charge in [0.2, 0.25) is 10.0 Å². The van der Waals surface area contributed by atoms with Gasteiger partial charge in [-0.25, -0.2) is 18.5 Å². The number of primary sulfonamides is 1. The van der Waals surface area contributed by atoms with Crippen LogP contribution in [0.3, 0.4) is 0 Å². The maximum Gasteiger partial charge on any atom is 0.262 e. The molecule has 0 fully saturated rings. The second-order valence-electron chi connectivity index (χ2n) is 6.35. The zero-order valence-corrected chi connectivity index (χ0v) is 16.7. The molecule has 0 saturated carbocycles. The monoisotopic (exact) mass is 425 g/mol. The molecule has 0 saturated heterocycles. The summed E-state index contributed by atoms with van der Waals surface area (Å²) in [5.74, 6) is 0.296. The first-order chi connectivity index (χ1) is 14.4. The van der Waals surface area contributed by atoms with E-state index in [2.05, 4.69) is 10.3 Å². The van der Waals surface area contributed by atoms with Gasteiger partial charge in [0.1, 0.15) is 23.2 Å². The number of aromatic nitrogens is 2. The topological polar surface area (TPSA) is 144 Å². The number of benzene rings is 1. The lowest BCUT2D eigenvalue weighted by atomic mass is 10.2. The zero-order chi connectivity index (χ0) is 21.6. The van der Waals surface area contributed by atoms with Crippen LogP contribution >= 0.6 is 0 Å². The lowest BCUT2D eigenvalue weighted by molar-refractivity contribution is -0.117. The summed E-state index contributed by atoms with van der Waals surface area (Å²) >= 11 is 0. The van der Waals surface area contributed by atoms with Gasteiger partial charge in [0.05, 0.1) is 11.2 Å². The van der Waals surface area contributed by atoms with Crippen LogP contribution in [0.25, 0.3) is 17.4 Å². The van der Waals surface area contributed by atoms with E-state index in [0.717, 1.165) is 0 Å². The summed E-state index contributed by atoms with van der Waals surface area (Å²) in [6.07, 6.45) is 7.26. The van der Waals surface area contributed by atoms with Gasteiger partial charge in [0.25, 0.3) is 5.91 Å². The van der Waals surface area contributed by atoms with Gasteiger partial charge < -0.3 is 14.3 Å². The molecule has 154 valence electrons. The number of nitrogens with zero attached hydrogens (tertiary/aromatic N) is 3. The van der Waals surface area contributed by atoms with Crippen molar-refractivity contribution in [2.75, 3.05) is 6.54 Å². The summed E-state index contributed by atoms with van der Waals surface area (Å²) < 4.78 is 30.2. The second kappa shape index (κ2) is 9.21. The van der Waals surface area contributed by atoms with Gasteiger partial charge in [-0.3, -0.25) is 4.79 Å². The smallest absolute Gasteiger partial charge is 0.262 e. The third-order valence-corrected chi connectivity index (χ3v) is 5.11. The lowest BCUT2D eigenvalue weighted by Gasteiger charge is -2.04. The third kappa shape index (κ3) is 5.44. The fourth-order valence-corrected chi connectivity index (χ4v) is 3.18. The SMILES string of the molecule is N#C/C(=C\c1ccc(-c2ccc(S(N)(=O)=O)cc2)o1)C(=O)NCCCn1ccnc1. The Morgan fingerprint density at radius 2 is 2.03 bits per heavy atom. The maximum absolute atomic E-state index is 12.2. The molecule has 2 aromatic heterocycles. The molecule has 0 aliphatic carbocycles. The van der Waals surface area contributed by atoms with Crippen molar-refractivity contribution < 1.29 is 17.6 Å². The molecular weight excluding hydrogens is 406 g/mol. The number of nitrogens with two attached hydrogens (primary N) is 1. The fraction of sp³-hybridized carbons (Fsp3) is 0.150. The molecule has 0 aliphatic heterocycles. The standard InChI is InChI=1S/C20H19N5O4S/c21-13-16(20(26)24-8-1-10-25-11-9-23-14-25)12-17-4-7-19(29-17)15-2-5-18(6-3-15)30(22,27)28/h2-7,9,11-12,14H,1,8,10H2,(H,24,26)(H2,22,27,28)/b16-12+. The predicted octanol–water partition coefficient (Wildman–Crippen LogP) is 1.90. The van der Waals surface area contributed by atoms with Gasteiger partial charge in [0.15, 0.2) is 0 Å². The second-order valence-corrected chi connectivity index (χ2v) is 7.91. The molecule has 3 rings (SSSR count). The van der Waals surface area contributed by atoms with E-state index in [9.17, 15) is 18.5 Å². The normalized spacial score (nSPS) is 11.8. The number of nitrogens with one attached hydrogen (secondary N) is 1. The van der Waals surface area contributed by atoms with Gasteiger partial charge in [-0.1, -0.05) is 0 Å². The number of hydrogen-bond acceptors (Lipinski definition) is 6. The Morgan fingerprint density at radius 3 is 2.67 bits per heavy atom. The van der Waals surface area contributed by atoms with Crippen molar-refractivity contribution in [1.82, 2.24) is 14.9 Å². The highest BCUT2D eigenvalue weighted by Gasteiger charge is 2.12. The van der Waals surface area contributed by atoms with Crippen LogP contribution in [0, 0.1) is 11.3 Å². The Bertz CT molecular complexity index is 1190. The highest BCUT2D eigenvalue weighted by molar-refractivity contribution is 7.89. The predicted molar refractivity (Wildman–Crippen MR) is 109 cm³/mol. The summed E-state index contributed by atoms with van der Waals surface area (Å²) in [7, 11) is -3.77. The van der Waals surface area contributed by atoms with Crippen LogP contribution in [-0.4, -0.2) is 30.4 Å². The first kappa shape index (κ1) is 21.0. The molecule has 0 radical (unpaired) electrons. The van der Waals surface area contributed by atoms with Gasteiger partial charge in [-0.15, -0.1) is 0 Å². The molecule has 3 N–H and O–H groups in total. The molecule has 0 aliphatic rings. The van der Waals surface area contributed by atoms with Crippen LogP contribution in [0.5, 0.6) is 0 Å². The molecule has 10 heteroatoms. The fourth-order valence-electron chi connectivity index (χ4n) is 2.66. The highest BCUT2D eigenvalue weighted by atomic mass is 32.2. The van der Waals surface area contributed by atoms with E-state index < -0.39 is 15.9 Å². The summed E-state index contributed by atoms with van der Waals surface area (Å²) in [6.45, 7) is 1.12. The first-order valence-electron chi connectivity index (χ1n) is 8.95. The van der Waals surface area contributed by atoms with Crippen LogP contribution < -0.4 is 10.5 Å². The zero-order valence-electron chi connectivity index (χ0n) is 15.9. The number of carbonyl (C=O) groups excluding carboxylic acids is 1. The van der Waals surface area contributed by atoms with E-state index in [-0.39, 0.29) is 10.5 Å². The van der Waals surface area contributed by atoms with E-state index in [1.54, 1.807) is 36.8 Å². The van der Waals surface area contributed by atoms with Gasteiger partial charge in [-0.05, 0) is 42.8 Å². The number of furan rings is 1. The highest BCUT2D eigenvalue weighted by Crippen LogP contribution is 2.24. The molecule has 0 unspecified atom stereocenters. The van der Waals surface area contributed by atoms with Crippen molar-refractivity contribution >= 4 is 22.0 Å². The molecule has 3 aromatic rings. The van der Waals surface area contributed by atoms with Crippen molar-refractivity contribution in [2.24, 2.45) is 5.14 Å². The van der Waals surface area contributed by atoms with Crippen molar-refractivity contribution in [3.8, 4) is 17.4 Å². The van der Waals surface area contributed by atoms with Crippen LogP contribution in [0.1, 0.15) is 12.2 Å². The Labute approximate surface area is 173 Å². The largest absolute Gasteiger partial charge is 0.457 e. The Morgan fingerprint density at radius 1 is 1.27 bits per heavy atom. The molecule has 9 nitrogen and oxygen atoms in total. The summed E-state index contributed by atoms with van der Waals surface area (Å²) in [6, 6.07) is 11.0. The van der Waals surface area contributed by atoms with Gasteiger partial charge in [0, 0.05) is 37.1 Å². The minimum atomic E-state index is -3.77. The van der Waals surface area contributed by atoms with Crippen LogP contribution in [0.4, 0.5) is 0 Å². The van der Waals surface area contributed by atoms with Gasteiger partial charge in [-0.2, -0.15) is 5.26 Å². The minimum Gasteiger partial charge on any atom is -0.457 e. The number of nitriles is 1. The molecule has 1 aromatic carbocycles. The van der Waals surface area contributed by atoms with Crippen molar-refractivity contribution in [2.45, 2.75) is 17.9 Å². The van der Waals surface area contributed by atoms with Crippen LogP contribution in [0.15, 0.2) is 70.0 Å². The summed E-state index contributed by atoms with van der Waals surface area (Å²) in [5.41, 5.74) is 0.549. The number of imidazole rings is 1. The lowest BCUT2D eigenvalue weighted by Crippen LogP contribution is -2.26. The van der Waals surface area contributed by atoms with E-state index in [1.807, 2.05) is 16.8 Å². The van der Waals surface area contributed by atoms with Crippen LogP contribution in [0.2, 0.25) is 0 Å². The van der Waals surface area contributed by atoms with Crippen molar-refractivity contribution in [1.29, 1.82) is 5.26 Å². The van der Waals surface area contributed by atoms with Gasteiger partial charge >= 0.3 is 0 Å². The average molecular weight is 425 g/mol. The number of aryl methyl sites for hydroxylation is 1. The Kier molecular flexibility index (Phi) is 6.46. The van der Waals surface area contributed by atoms with E-state index in [0.29, 0.717) is 36.6 Å². The molecule has 1 amide bonds. The van der Waals surface area contributed by atoms with Crippen molar-refractivity contribution in [3.05, 3.63) is 66.5 Å². The third-order valence-electron chi connectivity index (χ3n) is 4.18. The molecule has 30 heavy (non-hydrogen) atoms. The summed E-state index contributed by atoms with van der Waals surface area (Å²) in [4.78, 5) is 16.2. The molecule has 2 heterocycles. The molecule has 0 atom stereocenters. The molecule has 0 bridgehead atoms. The summed E-state index contributed by atoms with van der Waals surface area (Å²) in [5, 5.41) is 17.1. The number of hydrogen-bond donors (Lipinski definition) is 2. The Hall–Kier alpha value is -3.68. The number of rotatable bonds is 8. The minimum absolute atomic E-state index is 0.00518. The average Bonchev–Trinajstić information content (AvgIpc) is 3.41. The molecular formula is C20H19N5O4S. The quantitative estimate of drug-likeness (QED) is 0.320. The van der Waals surface area contributed by atoms with E-state index in [4.69, 9.17) is 9.56 Å². The number of carbonyl (C=O) groups is 1. The van der Waals surface area contributed by atoms with Crippen molar-refractivity contribution in [3.63, 3.8) is 0 Å². The number of amides is 1. The number of sulfonamides is 1. The van der Waals surface area contributed by atoms with E-state index >= 15 is 0 Å². The maximum atomic E-state index is 12.2. The first-order valence-corrected chi connectivity index (χ1v) is 10.5.